The Morgan fingerprint density at radius 3 is 2.24 bits per heavy atom. The van der Waals surface area contributed by atoms with E-state index >= 15 is 0 Å². The molecule has 0 radical (unpaired) electrons. The van der Waals surface area contributed by atoms with Crippen LogP contribution < -0.4 is 20.7 Å². The number of ketones is 1. The highest BCUT2D eigenvalue weighted by molar-refractivity contribution is 6.34. The second kappa shape index (κ2) is 14.4. The predicted octanol–water partition coefficient (Wildman–Crippen LogP) is 7.44. The molecule has 2 amide bonds. The van der Waals surface area contributed by atoms with E-state index in [1.165, 1.54) is 55.6 Å². The Kier molecular flexibility index (Phi) is 10.2. The van der Waals surface area contributed by atoms with E-state index in [0.717, 1.165) is 43.2 Å². The summed E-state index contributed by atoms with van der Waals surface area (Å²) in [7, 11) is 0. The fourth-order valence-corrected chi connectivity index (χ4v) is 4.96. The van der Waals surface area contributed by atoms with Crippen LogP contribution in [0.25, 0.3) is 0 Å². The molecule has 1 aliphatic heterocycles. The summed E-state index contributed by atoms with van der Waals surface area (Å²) >= 11 is 6.26. The summed E-state index contributed by atoms with van der Waals surface area (Å²) in [5, 5.41) is 8.14. The molecule has 0 atom stereocenters. The van der Waals surface area contributed by atoms with E-state index in [0.29, 0.717) is 18.1 Å². The number of halogens is 4. The number of hydrogen-bond donors (Lipinski definition) is 3. The van der Waals surface area contributed by atoms with Gasteiger partial charge in [0, 0.05) is 48.0 Å². The van der Waals surface area contributed by atoms with E-state index in [4.69, 9.17) is 16.3 Å². The number of nitrogens with zero attached hydrogens (tertiary/aromatic N) is 3. The molecule has 45 heavy (non-hydrogen) atoms. The Morgan fingerprint density at radius 1 is 0.889 bits per heavy atom. The van der Waals surface area contributed by atoms with Crippen molar-refractivity contribution in [2.24, 2.45) is 0 Å². The molecule has 0 unspecified atom stereocenters. The third-order valence-electron chi connectivity index (χ3n) is 7.03. The number of carbonyl (C=O) groups excluding carboxylic acids is 2. The van der Waals surface area contributed by atoms with Crippen LogP contribution in [-0.2, 0) is 12.6 Å². The fourth-order valence-electron chi connectivity index (χ4n) is 4.74. The zero-order valence-electron chi connectivity index (χ0n) is 24.0. The molecule has 0 bridgehead atoms. The highest BCUT2D eigenvalue weighted by Crippen LogP contribution is 2.31. The van der Waals surface area contributed by atoms with Gasteiger partial charge in [-0.15, -0.1) is 0 Å². The first-order valence-corrected chi connectivity index (χ1v) is 14.6. The summed E-state index contributed by atoms with van der Waals surface area (Å²) in [6, 6.07) is 15.3. The van der Waals surface area contributed by atoms with Crippen LogP contribution in [0.5, 0.6) is 5.75 Å². The molecule has 1 fully saturated rings. The molecule has 2 heterocycles. The average Bonchev–Trinajstić information content (AvgIpc) is 3.53. The Labute approximate surface area is 262 Å². The molecule has 1 aliphatic rings. The average molecular weight is 639 g/mol. The predicted molar refractivity (Wildman–Crippen MR) is 166 cm³/mol. The molecule has 13 heteroatoms. The third-order valence-corrected chi connectivity index (χ3v) is 7.36. The van der Waals surface area contributed by atoms with Gasteiger partial charge in [-0.25, -0.2) is 14.8 Å². The number of amides is 2. The summed E-state index contributed by atoms with van der Waals surface area (Å²) in [5.41, 5.74) is 0.766. The molecule has 4 aromatic rings. The number of alkyl halides is 3. The van der Waals surface area contributed by atoms with Gasteiger partial charge in [0.25, 0.3) is 0 Å². The Morgan fingerprint density at radius 2 is 1.56 bits per heavy atom. The van der Waals surface area contributed by atoms with E-state index in [9.17, 15) is 22.8 Å². The molecule has 0 saturated carbocycles. The van der Waals surface area contributed by atoms with Gasteiger partial charge < -0.3 is 20.7 Å². The number of anilines is 4. The topological polar surface area (TPSA) is 108 Å². The molecular weight excluding hydrogens is 609 g/mol. The van der Waals surface area contributed by atoms with Crippen LogP contribution in [0.15, 0.2) is 79.1 Å². The standard InChI is InChI=1S/C32H30ClF3N6O3/c33-28-11-8-25(41-31(44)40-24-5-3-4-22(17-24)32(34,35)36)18-27(28)29(43)16-21-19-37-30(38-20-21)39-23-6-9-26(10-7-23)45-15-14-42-12-1-2-13-42/h3-11,17-20H,1-2,12-16H2,(H,37,38,39)(H2,40,41,44). The van der Waals surface area contributed by atoms with Gasteiger partial charge in [0.15, 0.2) is 5.78 Å². The van der Waals surface area contributed by atoms with Crippen LogP contribution >= 0.6 is 11.6 Å². The van der Waals surface area contributed by atoms with E-state index in [1.54, 1.807) is 0 Å². The van der Waals surface area contributed by atoms with E-state index in [2.05, 4.69) is 30.8 Å². The summed E-state index contributed by atoms with van der Waals surface area (Å²) in [6.45, 7) is 3.83. The minimum absolute atomic E-state index is 0.0418. The third kappa shape index (κ3) is 9.16. The number of urea groups is 1. The minimum Gasteiger partial charge on any atom is -0.492 e. The first-order valence-electron chi connectivity index (χ1n) is 14.2. The second-order valence-corrected chi connectivity index (χ2v) is 10.8. The number of ether oxygens (including phenoxy) is 1. The number of carbonyl (C=O) groups is 2. The first kappa shape index (κ1) is 31.7. The van der Waals surface area contributed by atoms with Crippen LogP contribution in [-0.4, -0.2) is 52.9 Å². The van der Waals surface area contributed by atoms with Crippen LogP contribution in [0, 0.1) is 0 Å². The lowest BCUT2D eigenvalue weighted by Crippen LogP contribution is -2.25. The van der Waals surface area contributed by atoms with Crippen molar-refractivity contribution in [2.75, 3.05) is 42.2 Å². The maximum absolute atomic E-state index is 13.0. The Balaban J connectivity index is 1.13. The lowest BCUT2D eigenvalue weighted by atomic mass is 10.0. The van der Waals surface area contributed by atoms with Gasteiger partial charge in [-0.3, -0.25) is 9.69 Å². The molecule has 234 valence electrons. The van der Waals surface area contributed by atoms with Crippen molar-refractivity contribution >= 4 is 46.4 Å². The van der Waals surface area contributed by atoms with Crippen LogP contribution in [0.1, 0.15) is 34.3 Å². The SMILES string of the molecule is O=C(Nc1cccc(C(F)(F)F)c1)Nc1ccc(Cl)c(C(=O)Cc2cnc(Nc3ccc(OCCN4CCCC4)cc3)nc2)c1. The summed E-state index contributed by atoms with van der Waals surface area (Å²) in [5.74, 6) is 0.792. The number of nitrogens with one attached hydrogen (secondary N) is 3. The summed E-state index contributed by atoms with van der Waals surface area (Å²) in [4.78, 5) is 36.5. The smallest absolute Gasteiger partial charge is 0.416 e. The number of Topliss-reactive ketones (excluding diaryl/α,β-unsaturated/α-hetero) is 1. The molecule has 3 N–H and O–H groups in total. The molecule has 1 saturated heterocycles. The molecule has 1 aromatic heterocycles. The van der Waals surface area contributed by atoms with Crippen LogP contribution in [0.4, 0.5) is 41.0 Å². The van der Waals surface area contributed by atoms with E-state index < -0.39 is 17.8 Å². The second-order valence-electron chi connectivity index (χ2n) is 10.4. The maximum atomic E-state index is 13.0. The Bertz CT molecular complexity index is 1630. The maximum Gasteiger partial charge on any atom is 0.416 e. The largest absolute Gasteiger partial charge is 0.492 e. The number of benzene rings is 3. The van der Waals surface area contributed by atoms with Crippen molar-refractivity contribution in [1.82, 2.24) is 14.9 Å². The summed E-state index contributed by atoms with van der Waals surface area (Å²) in [6.07, 6.45) is 0.962. The van der Waals surface area contributed by atoms with Crippen molar-refractivity contribution in [2.45, 2.75) is 25.4 Å². The highest BCUT2D eigenvalue weighted by Gasteiger charge is 2.30. The molecule has 5 rings (SSSR count). The normalized spacial score (nSPS) is 13.3. The van der Waals surface area contributed by atoms with Crippen molar-refractivity contribution < 1.29 is 27.5 Å². The molecular formula is C32H30ClF3N6O3. The highest BCUT2D eigenvalue weighted by atomic mass is 35.5. The molecule has 3 aromatic carbocycles. The van der Waals surface area contributed by atoms with Gasteiger partial charge >= 0.3 is 12.2 Å². The van der Waals surface area contributed by atoms with Crippen molar-refractivity contribution in [3.05, 3.63) is 101 Å². The zero-order chi connectivity index (χ0) is 31.8. The molecule has 0 spiro atoms. The van der Waals surface area contributed by atoms with Gasteiger partial charge in [-0.2, -0.15) is 13.2 Å². The van der Waals surface area contributed by atoms with E-state index in [-0.39, 0.29) is 34.2 Å². The van der Waals surface area contributed by atoms with Crippen molar-refractivity contribution in [3.63, 3.8) is 0 Å². The number of likely N-dealkylation sites (tertiary alicyclic amines) is 1. The van der Waals surface area contributed by atoms with Gasteiger partial charge in [0.05, 0.1) is 10.6 Å². The first-order chi connectivity index (χ1) is 21.6. The Hall–Kier alpha value is -4.68. The van der Waals surface area contributed by atoms with E-state index in [1.807, 2.05) is 24.3 Å². The lowest BCUT2D eigenvalue weighted by Gasteiger charge is -2.15. The van der Waals surface area contributed by atoms with Gasteiger partial charge in [-0.05, 0) is 92.2 Å². The number of rotatable bonds is 11. The zero-order valence-corrected chi connectivity index (χ0v) is 24.8. The molecule has 0 aliphatic carbocycles. The van der Waals surface area contributed by atoms with Gasteiger partial charge in [-0.1, -0.05) is 17.7 Å². The van der Waals surface area contributed by atoms with Crippen LogP contribution in [0.2, 0.25) is 5.02 Å². The van der Waals surface area contributed by atoms with Crippen LogP contribution in [0.3, 0.4) is 0 Å². The monoisotopic (exact) mass is 638 g/mol. The number of hydrogen-bond acceptors (Lipinski definition) is 7. The summed E-state index contributed by atoms with van der Waals surface area (Å²) < 4.78 is 44.7. The number of aromatic nitrogens is 2. The van der Waals surface area contributed by atoms with Crippen molar-refractivity contribution in [1.29, 1.82) is 0 Å². The fraction of sp³-hybridized carbons (Fsp3) is 0.250. The quantitative estimate of drug-likeness (QED) is 0.147. The van der Waals surface area contributed by atoms with Crippen molar-refractivity contribution in [3.8, 4) is 5.75 Å². The molecule has 9 nitrogen and oxygen atoms in total. The van der Waals surface area contributed by atoms with Gasteiger partial charge in [0.2, 0.25) is 5.95 Å². The van der Waals surface area contributed by atoms with Gasteiger partial charge in [0.1, 0.15) is 12.4 Å². The lowest BCUT2D eigenvalue weighted by molar-refractivity contribution is -0.137. The minimum atomic E-state index is -4.55.